The van der Waals surface area contributed by atoms with Crippen LogP contribution < -0.4 is 5.32 Å². The summed E-state index contributed by atoms with van der Waals surface area (Å²) in [6.45, 7) is -1.85. The van der Waals surface area contributed by atoms with Gasteiger partial charge in [-0.05, 0) is 6.07 Å². The van der Waals surface area contributed by atoms with Crippen molar-refractivity contribution in [3.63, 3.8) is 0 Å². The van der Waals surface area contributed by atoms with Crippen molar-refractivity contribution in [2.75, 3.05) is 20.3 Å². The summed E-state index contributed by atoms with van der Waals surface area (Å²) >= 11 is 0. The van der Waals surface area contributed by atoms with Gasteiger partial charge in [0.25, 0.3) is 5.92 Å². The van der Waals surface area contributed by atoms with Crippen LogP contribution >= 0.6 is 0 Å². The molecule has 0 bridgehead atoms. The Balaban J connectivity index is 2.43. The Morgan fingerprint density at radius 3 is 2.94 bits per heavy atom. The van der Waals surface area contributed by atoms with Gasteiger partial charge < -0.3 is 19.6 Å². The average Bonchev–Trinajstić information content (AvgIpc) is 2.76. The predicted molar refractivity (Wildman–Crippen MR) is 53.8 cm³/mol. The van der Waals surface area contributed by atoms with Crippen molar-refractivity contribution in [1.29, 1.82) is 0 Å². The molecule has 0 aliphatic carbocycles. The third-order valence-corrected chi connectivity index (χ3v) is 1.99. The Hall–Kier alpha value is -1.47. The largest absolute Gasteiger partial charge is 0.467 e. The lowest BCUT2D eigenvalue weighted by Gasteiger charge is -2.12. The van der Waals surface area contributed by atoms with Crippen LogP contribution in [-0.2, 0) is 11.3 Å². The Bertz CT molecular complexity index is 378. The average molecular weight is 249 g/mol. The summed E-state index contributed by atoms with van der Waals surface area (Å²) in [6.07, 6.45) is 1.19. The van der Waals surface area contributed by atoms with Crippen molar-refractivity contribution in [3.8, 4) is 0 Å². The Labute approximate surface area is 96.4 Å². The Kier molecular flexibility index (Phi) is 4.59. The normalized spacial score (nSPS) is 11.5. The van der Waals surface area contributed by atoms with E-state index in [1.807, 2.05) is 0 Å². The molecule has 0 aliphatic rings. The second-order valence-electron chi connectivity index (χ2n) is 3.41. The van der Waals surface area contributed by atoms with E-state index in [1.54, 1.807) is 0 Å². The van der Waals surface area contributed by atoms with E-state index in [-0.39, 0.29) is 12.1 Å². The Morgan fingerprint density at radius 1 is 1.65 bits per heavy atom. The molecule has 2 N–H and O–H groups in total. The van der Waals surface area contributed by atoms with Gasteiger partial charge in [0.15, 0.2) is 0 Å². The molecule has 0 aliphatic heterocycles. The molecule has 0 spiro atoms. The minimum absolute atomic E-state index is 0.0343. The molecule has 0 radical (unpaired) electrons. The van der Waals surface area contributed by atoms with Crippen molar-refractivity contribution in [1.82, 2.24) is 5.32 Å². The number of furan rings is 1. The van der Waals surface area contributed by atoms with Gasteiger partial charge in [-0.25, -0.2) is 13.6 Å². The SMILES string of the molecule is COC(=O)c1coc(CNCC(F)(F)CO)c1. The molecule has 0 saturated heterocycles. The maximum atomic E-state index is 12.6. The molecule has 0 fully saturated rings. The zero-order valence-electron chi connectivity index (χ0n) is 9.20. The zero-order valence-corrected chi connectivity index (χ0v) is 9.20. The fourth-order valence-electron chi connectivity index (χ4n) is 1.12. The Morgan fingerprint density at radius 2 is 2.35 bits per heavy atom. The van der Waals surface area contributed by atoms with Crippen molar-refractivity contribution < 1.29 is 27.8 Å². The second kappa shape index (κ2) is 5.74. The van der Waals surface area contributed by atoms with E-state index < -0.39 is 25.0 Å². The van der Waals surface area contributed by atoms with E-state index in [0.717, 1.165) is 0 Å². The molecule has 0 amide bonds. The van der Waals surface area contributed by atoms with E-state index in [2.05, 4.69) is 10.1 Å². The number of halogens is 2. The van der Waals surface area contributed by atoms with E-state index in [9.17, 15) is 13.6 Å². The molecule has 7 heteroatoms. The molecule has 0 saturated carbocycles. The molecule has 0 aromatic carbocycles. The lowest BCUT2D eigenvalue weighted by Crippen LogP contribution is -2.35. The van der Waals surface area contributed by atoms with E-state index >= 15 is 0 Å². The van der Waals surface area contributed by atoms with Crippen molar-refractivity contribution in [2.45, 2.75) is 12.5 Å². The van der Waals surface area contributed by atoms with Gasteiger partial charge in [-0.3, -0.25) is 0 Å². The van der Waals surface area contributed by atoms with Crippen LogP contribution in [0, 0.1) is 0 Å². The minimum Gasteiger partial charge on any atom is -0.467 e. The first-order chi connectivity index (χ1) is 7.98. The lowest BCUT2D eigenvalue weighted by molar-refractivity contribution is -0.0479. The van der Waals surface area contributed by atoms with Crippen LogP contribution in [-0.4, -0.2) is 37.3 Å². The number of carbonyl (C=O) groups is 1. The summed E-state index contributed by atoms with van der Waals surface area (Å²) in [5, 5.41) is 10.7. The van der Waals surface area contributed by atoms with Crippen LogP contribution in [0.25, 0.3) is 0 Å². The number of carbonyl (C=O) groups excluding carboxylic acids is 1. The number of ether oxygens (including phenoxy) is 1. The fraction of sp³-hybridized carbons (Fsp3) is 0.500. The van der Waals surface area contributed by atoms with Gasteiger partial charge in [-0.2, -0.15) is 0 Å². The highest BCUT2D eigenvalue weighted by Crippen LogP contribution is 2.12. The predicted octanol–water partition coefficient (Wildman–Crippen LogP) is 0.783. The number of esters is 1. The van der Waals surface area contributed by atoms with Crippen LogP contribution in [0.4, 0.5) is 8.78 Å². The number of aliphatic hydroxyl groups is 1. The topological polar surface area (TPSA) is 71.7 Å². The van der Waals surface area contributed by atoms with Gasteiger partial charge in [0.1, 0.15) is 18.6 Å². The number of aliphatic hydroxyl groups excluding tert-OH is 1. The zero-order chi connectivity index (χ0) is 12.9. The summed E-state index contributed by atoms with van der Waals surface area (Å²) < 4.78 is 34.7. The van der Waals surface area contributed by atoms with Gasteiger partial charge in [0, 0.05) is 0 Å². The summed E-state index contributed by atoms with van der Waals surface area (Å²) in [5.41, 5.74) is 0.221. The molecule has 1 heterocycles. The van der Waals surface area contributed by atoms with E-state index in [1.165, 1.54) is 19.4 Å². The van der Waals surface area contributed by atoms with Gasteiger partial charge in [-0.1, -0.05) is 0 Å². The number of alkyl halides is 2. The summed E-state index contributed by atoms with van der Waals surface area (Å²) in [4.78, 5) is 11.1. The standard InChI is InChI=1S/C10H13F2NO4/c1-16-9(15)7-2-8(17-4-7)3-13-5-10(11,12)6-14/h2,4,13-14H,3,5-6H2,1H3. The summed E-state index contributed by atoms with van der Waals surface area (Å²) in [5.74, 6) is -3.39. The number of nitrogens with one attached hydrogen (secondary N) is 1. The fourth-order valence-corrected chi connectivity index (χ4v) is 1.12. The first-order valence-electron chi connectivity index (χ1n) is 4.83. The number of hydrogen-bond donors (Lipinski definition) is 2. The quantitative estimate of drug-likeness (QED) is 0.729. The highest BCUT2D eigenvalue weighted by molar-refractivity contribution is 5.88. The minimum atomic E-state index is -3.17. The second-order valence-corrected chi connectivity index (χ2v) is 3.41. The van der Waals surface area contributed by atoms with Crippen LogP contribution in [0.1, 0.15) is 16.1 Å². The molecule has 5 nitrogen and oxygen atoms in total. The third-order valence-electron chi connectivity index (χ3n) is 1.99. The first-order valence-corrected chi connectivity index (χ1v) is 4.83. The van der Waals surface area contributed by atoms with E-state index in [0.29, 0.717) is 5.76 Å². The molecular weight excluding hydrogens is 236 g/mol. The highest BCUT2D eigenvalue weighted by atomic mass is 19.3. The number of hydrogen-bond acceptors (Lipinski definition) is 5. The molecule has 17 heavy (non-hydrogen) atoms. The monoisotopic (exact) mass is 249 g/mol. The molecule has 1 aromatic heterocycles. The van der Waals surface area contributed by atoms with Gasteiger partial charge in [0.2, 0.25) is 0 Å². The van der Waals surface area contributed by atoms with Gasteiger partial charge in [0.05, 0.1) is 25.8 Å². The van der Waals surface area contributed by atoms with Crippen molar-refractivity contribution >= 4 is 5.97 Å². The lowest BCUT2D eigenvalue weighted by atomic mass is 10.3. The van der Waals surface area contributed by atoms with Crippen molar-refractivity contribution in [2.24, 2.45) is 0 Å². The van der Waals surface area contributed by atoms with Gasteiger partial charge >= 0.3 is 5.97 Å². The van der Waals surface area contributed by atoms with Crippen LogP contribution in [0.2, 0.25) is 0 Å². The maximum Gasteiger partial charge on any atom is 0.341 e. The molecule has 1 aromatic rings. The van der Waals surface area contributed by atoms with Gasteiger partial charge in [-0.15, -0.1) is 0 Å². The molecular formula is C10H13F2NO4. The van der Waals surface area contributed by atoms with E-state index in [4.69, 9.17) is 9.52 Å². The summed E-state index contributed by atoms with van der Waals surface area (Å²) in [6, 6.07) is 1.40. The van der Waals surface area contributed by atoms with Crippen LogP contribution in [0.5, 0.6) is 0 Å². The summed E-state index contributed by atoms with van der Waals surface area (Å²) in [7, 11) is 1.23. The van der Waals surface area contributed by atoms with Crippen molar-refractivity contribution in [3.05, 3.63) is 23.7 Å². The number of methoxy groups -OCH3 is 1. The maximum absolute atomic E-state index is 12.6. The first kappa shape index (κ1) is 13.6. The van der Waals surface area contributed by atoms with Crippen LogP contribution in [0.15, 0.2) is 16.7 Å². The molecule has 0 atom stereocenters. The third kappa shape index (κ3) is 4.12. The highest BCUT2D eigenvalue weighted by Gasteiger charge is 2.26. The molecule has 0 unspecified atom stereocenters. The smallest absolute Gasteiger partial charge is 0.341 e. The number of rotatable bonds is 6. The molecule has 1 rings (SSSR count). The molecule has 96 valence electrons. The van der Waals surface area contributed by atoms with Crippen LogP contribution in [0.3, 0.4) is 0 Å².